The van der Waals surface area contributed by atoms with Gasteiger partial charge in [-0.25, -0.2) is 4.98 Å². The highest BCUT2D eigenvalue weighted by atomic mass is 35.5. The van der Waals surface area contributed by atoms with E-state index in [0.29, 0.717) is 23.2 Å². The molecule has 2 aromatic carbocycles. The Morgan fingerprint density at radius 1 is 1.21 bits per heavy atom. The minimum atomic E-state index is -1.09. The largest absolute Gasteiger partial charge is 0.494 e. The highest BCUT2D eigenvalue weighted by Gasteiger charge is 2.46. The van der Waals surface area contributed by atoms with Crippen LogP contribution in [-0.2, 0) is 21.8 Å². The van der Waals surface area contributed by atoms with Crippen molar-refractivity contribution >= 4 is 28.9 Å². The van der Waals surface area contributed by atoms with Gasteiger partial charge in [-0.05, 0) is 18.2 Å². The molecule has 3 heterocycles. The molecule has 5 rings (SSSR count). The first-order valence-corrected chi connectivity index (χ1v) is 11.7. The Labute approximate surface area is 203 Å². The van der Waals surface area contributed by atoms with Gasteiger partial charge in [0.05, 0.1) is 37.3 Å². The second-order valence-electron chi connectivity index (χ2n) is 8.17. The third kappa shape index (κ3) is 4.44. The number of piperazine rings is 1. The average molecular weight is 489 g/mol. The van der Waals surface area contributed by atoms with Crippen molar-refractivity contribution in [2.75, 3.05) is 44.8 Å². The number of benzene rings is 2. The number of rotatable bonds is 6. The maximum atomic E-state index is 6.69. The van der Waals surface area contributed by atoms with Crippen molar-refractivity contribution in [2.24, 2.45) is 0 Å². The summed E-state index contributed by atoms with van der Waals surface area (Å²) in [5.41, 5.74) is 2.74. The summed E-state index contributed by atoms with van der Waals surface area (Å²) < 4.78 is 20.9. The van der Waals surface area contributed by atoms with Gasteiger partial charge in [-0.3, -0.25) is 0 Å². The first-order valence-electron chi connectivity index (χ1n) is 11.0. The second kappa shape index (κ2) is 9.52. The second-order valence-corrected chi connectivity index (χ2v) is 9.01. The number of hydrogen-bond acceptors (Lipinski definition) is 6. The van der Waals surface area contributed by atoms with E-state index in [9.17, 15) is 0 Å². The number of nitrogens with one attached hydrogen (secondary N) is 1. The van der Waals surface area contributed by atoms with Crippen LogP contribution in [0.1, 0.15) is 17.2 Å². The third-order valence-corrected chi connectivity index (χ3v) is 6.67. The van der Waals surface area contributed by atoms with Crippen LogP contribution in [-0.4, -0.2) is 49.4 Å². The molecule has 0 spiro atoms. The maximum Gasteiger partial charge on any atom is 0.215 e. The van der Waals surface area contributed by atoms with E-state index in [-0.39, 0.29) is 6.10 Å². The Hall–Kier alpha value is -2.29. The van der Waals surface area contributed by atoms with Crippen molar-refractivity contribution < 1.29 is 14.2 Å². The van der Waals surface area contributed by atoms with E-state index < -0.39 is 5.79 Å². The smallest absolute Gasteiger partial charge is 0.215 e. The number of nitrogens with zero attached hydrogens (tertiary/aromatic N) is 3. The van der Waals surface area contributed by atoms with Crippen molar-refractivity contribution in [3.63, 3.8) is 0 Å². The molecule has 2 fully saturated rings. The number of methoxy groups -OCH3 is 1. The number of imidazole rings is 1. The van der Waals surface area contributed by atoms with E-state index in [1.165, 1.54) is 0 Å². The number of halogens is 2. The monoisotopic (exact) mass is 488 g/mol. The van der Waals surface area contributed by atoms with Crippen LogP contribution in [0.15, 0.2) is 55.1 Å². The summed E-state index contributed by atoms with van der Waals surface area (Å²) in [4.78, 5) is 6.50. The standard InChI is InChI=1S/C24H26Cl2N4O3/c1-31-23-18(3-2-4-21(23)30-11-8-27-9-12-30)22-14-32-24(33-22,15-29-10-7-28-16-29)19-6-5-17(25)13-20(19)26/h2-7,10,13,16,22,27H,8-9,11-12,14-15H2,1H3. The fourth-order valence-electron chi connectivity index (χ4n) is 4.56. The minimum absolute atomic E-state index is 0.335. The summed E-state index contributed by atoms with van der Waals surface area (Å²) >= 11 is 12.8. The number of ether oxygens (including phenoxy) is 3. The van der Waals surface area contributed by atoms with Crippen LogP contribution in [0.5, 0.6) is 5.75 Å². The van der Waals surface area contributed by atoms with E-state index in [1.807, 2.05) is 29.0 Å². The van der Waals surface area contributed by atoms with Crippen molar-refractivity contribution in [1.29, 1.82) is 0 Å². The fourth-order valence-corrected chi connectivity index (χ4v) is 5.12. The molecule has 0 aliphatic carbocycles. The highest BCUT2D eigenvalue weighted by Crippen LogP contribution is 2.47. The molecule has 9 heteroatoms. The molecule has 0 bridgehead atoms. The summed E-state index contributed by atoms with van der Waals surface area (Å²) in [5.74, 6) is -0.281. The van der Waals surface area contributed by atoms with E-state index in [4.69, 9.17) is 37.4 Å². The molecule has 2 atom stereocenters. The van der Waals surface area contributed by atoms with Gasteiger partial charge in [0.1, 0.15) is 11.9 Å². The molecule has 7 nitrogen and oxygen atoms in total. The molecule has 3 aromatic rings. The lowest BCUT2D eigenvalue weighted by molar-refractivity contribution is -0.187. The predicted molar refractivity (Wildman–Crippen MR) is 128 cm³/mol. The molecule has 0 radical (unpaired) electrons. The lowest BCUT2D eigenvalue weighted by atomic mass is 10.0. The van der Waals surface area contributed by atoms with Crippen LogP contribution in [0.3, 0.4) is 0 Å². The normalized spacial score (nSPS) is 23.1. The number of para-hydroxylation sites is 1. The van der Waals surface area contributed by atoms with Gasteiger partial charge in [-0.2, -0.15) is 0 Å². The Morgan fingerprint density at radius 3 is 2.79 bits per heavy atom. The van der Waals surface area contributed by atoms with Crippen LogP contribution in [0.4, 0.5) is 5.69 Å². The van der Waals surface area contributed by atoms with Gasteiger partial charge in [0.25, 0.3) is 0 Å². The lowest BCUT2D eigenvalue weighted by Gasteiger charge is -2.32. The number of anilines is 1. The van der Waals surface area contributed by atoms with E-state index in [2.05, 4.69) is 21.3 Å². The topological polar surface area (TPSA) is 60.8 Å². The van der Waals surface area contributed by atoms with Crippen molar-refractivity contribution in [3.05, 3.63) is 76.3 Å². The summed E-state index contributed by atoms with van der Waals surface area (Å²) in [6.45, 7) is 4.48. The maximum absolute atomic E-state index is 6.69. The van der Waals surface area contributed by atoms with Crippen LogP contribution < -0.4 is 15.0 Å². The zero-order chi connectivity index (χ0) is 22.8. The average Bonchev–Trinajstić information content (AvgIpc) is 3.50. The zero-order valence-electron chi connectivity index (χ0n) is 18.3. The van der Waals surface area contributed by atoms with Gasteiger partial charge in [0, 0.05) is 54.7 Å². The zero-order valence-corrected chi connectivity index (χ0v) is 19.9. The Kier molecular flexibility index (Phi) is 6.49. The molecule has 174 valence electrons. The summed E-state index contributed by atoms with van der Waals surface area (Å²) in [6.07, 6.45) is 5.00. The first kappa shape index (κ1) is 22.5. The van der Waals surface area contributed by atoms with Crippen molar-refractivity contribution in [3.8, 4) is 5.75 Å². The molecule has 2 unspecified atom stereocenters. The Bertz CT molecular complexity index is 1110. The quantitative estimate of drug-likeness (QED) is 0.559. The SMILES string of the molecule is COc1c(C2COC(Cn3ccnc3)(c3ccc(Cl)cc3Cl)O2)cccc1N1CCNCC1. The summed E-state index contributed by atoms with van der Waals surface area (Å²) in [6, 6.07) is 11.5. The Morgan fingerprint density at radius 2 is 2.06 bits per heavy atom. The van der Waals surface area contributed by atoms with Crippen LogP contribution in [0.2, 0.25) is 10.0 Å². The van der Waals surface area contributed by atoms with Crippen LogP contribution in [0.25, 0.3) is 0 Å². The lowest BCUT2D eigenvalue weighted by Crippen LogP contribution is -2.43. The molecule has 0 saturated carbocycles. The molecule has 2 aliphatic rings. The van der Waals surface area contributed by atoms with Gasteiger partial charge in [-0.15, -0.1) is 0 Å². The van der Waals surface area contributed by atoms with Gasteiger partial charge in [-0.1, -0.05) is 41.4 Å². The van der Waals surface area contributed by atoms with E-state index >= 15 is 0 Å². The molecule has 2 aliphatic heterocycles. The molecule has 1 aromatic heterocycles. The van der Waals surface area contributed by atoms with E-state index in [0.717, 1.165) is 48.7 Å². The van der Waals surface area contributed by atoms with Crippen LogP contribution >= 0.6 is 23.2 Å². The fraction of sp³-hybridized carbons (Fsp3) is 0.375. The Balaban J connectivity index is 1.51. The van der Waals surface area contributed by atoms with Crippen molar-refractivity contribution in [2.45, 2.75) is 18.4 Å². The molecule has 2 saturated heterocycles. The summed E-state index contributed by atoms with van der Waals surface area (Å²) in [5, 5.41) is 4.44. The summed E-state index contributed by atoms with van der Waals surface area (Å²) in [7, 11) is 1.70. The van der Waals surface area contributed by atoms with Crippen molar-refractivity contribution in [1.82, 2.24) is 14.9 Å². The van der Waals surface area contributed by atoms with Crippen LogP contribution in [0, 0.1) is 0 Å². The highest BCUT2D eigenvalue weighted by molar-refractivity contribution is 6.35. The molecular formula is C24H26Cl2N4O3. The number of aromatic nitrogens is 2. The van der Waals surface area contributed by atoms with E-state index in [1.54, 1.807) is 31.8 Å². The van der Waals surface area contributed by atoms with Gasteiger partial charge in [0.2, 0.25) is 5.79 Å². The van der Waals surface area contributed by atoms with Gasteiger partial charge in [0.15, 0.2) is 0 Å². The van der Waals surface area contributed by atoms with Gasteiger partial charge >= 0.3 is 0 Å². The molecule has 0 amide bonds. The molecular weight excluding hydrogens is 463 g/mol. The molecule has 1 N–H and O–H groups in total. The molecule has 33 heavy (non-hydrogen) atoms. The predicted octanol–water partition coefficient (Wildman–Crippen LogP) is 4.25. The first-order chi connectivity index (χ1) is 16.1. The van der Waals surface area contributed by atoms with Gasteiger partial charge < -0.3 is 29.0 Å². The third-order valence-electron chi connectivity index (χ3n) is 6.13. The number of hydrogen-bond donors (Lipinski definition) is 1. The minimum Gasteiger partial charge on any atom is -0.494 e.